The van der Waals surface area contributed by atoms with Crippen molar-refractivity contribution in [1.82, 2.24) is 0 Å². The fourth-order valence-corrected chi connectivity index (χ4v) is 5.83. The summed E-state index contributed by atoms with van der Waals surface area (Å²) in [5.74, 6) is 0.0899. The van der Waals surface area contributed by atoms with Gasteiger partial charge in [0, 0.05) is 31.0 Å². The lowest BCUT2D eigenvalue weighted by Gasteiger charge is -2.30. The van der Waals surface area contributed by atoms with Gasteiger partial charge in [-0.15, -0.1) is 0 Å². The van der Waals surface area contributed by atoms with Crippen LogP contribution in [-0.2, 0) is 19.5 Å². The number of anilines is 2. The van der Waals surface area contributed by atoms with E-state index in [0.717, 1.165) is 29.9 Å². The lowest BCUT2D eigenvalue weighted by atomic mass is 9.88. The number of aliphatic hydroxyl groups excluding tert-OH is 2. The fourth-order valence-electron chi connectivity index (χ4n) is 5.83. The molecule has 3 atom stereocenters. The molecule has 0 bridgehead atoms. The highest BCUT2D eigenvalue weighted by atomic mass is 16.3. The molecule has 3 N–H and O–H groups in total. The third-order valence-electron chi connectivity index (χ3n) is 8.10. The maximum Gasteiger partial charge on any atom is 0.0721 e. The minimum absolute atomic E-state index is 0.0899. The monoisotopic (exact) mass is 584 g/mol. The molecular weight excluding hydrogens is 540 g/mol. The Kier molecular flexibility index (Phi) is 11.2. The molecule has 3 unspecified atom stereocenters. The van der Waals surface area contributed by atoms with Gasteiger partial charge in [-0.25, -0.2) is 0 Å². The van der Waals surface area contributed by atoms with Crippen molar-refractivity contribution in [2.75, 3.05) is 16.8 Å². The molecule has 0 aromatic heterocycles. The van der Waals surface area contributed by atoms with Crippen molar-refractivity contribution in [2.45, 2.75) is 57.4 Å². The Morgan fingerprint density at radius 2 is 1.14 bits per heavy atom. The molecule has 44 heavy (non-hydrogen) atoms. The summed E-state index contributed by atoms with van der Waals surface area (Å²) in [7, 11) is 0. The van der Waals surface area contributed by atoms with Crippen molar-refractivity contribution >= 4 is 11.4 Å². The summed E-state index contributed by atoms with van der Waals surface area (Å²) in [6.07, 6.45) is 1.10. The van der Waals surface area contributed by atoms with Crippen LogP contribution < -0.4 is 10.2 Å². The van der Waals surface area contributed by atoms with Crippen LogP contribution in [0.25, 0.3) is 0 Å². The standard InChI is InChI=1S/C40H44N2O2/c1-31(43)25-37(36-15-9-4-10-16-36)27-40(44)30-42(29-35-13-7-3-8-14-35)39-23-19-33(20-24-39)26-32-17-21-38(22-18-32)41-28-34-11-5-2-6-12-34/h2-24,31,37,40-41,43-44H,25-30H2,1H3. The average Bonchev–Trinajstić information content (AvgIpc) is 3.05. The van der Waals surface area contributed by atoms with Crippen molar-refractivity contribution in [1.29, 1.82) is 0 Å². The first-order valence-electron chi connectivity index (χ1n) is 15.7. The second kappa shape index (κ2) is 15.9. The molecule has 5 aromatic carbocycles. The van der Waals surface area contributed by atoms with Gasteiger partial charge in [0.25, 0.3) is 0 Å². The highest BCUT2D eigenvalue weighted by molar-refractivity contribution is 5.50. The molecule has 0 aliphatic carbocycles. The van der Waals surface area contributed by atoms with Crippen molar-refractivity contribution in [3.63, 3.8) is 0 Å². The Hall–Kier alpha value is -4.38. The molecule has 226 valence electrons. The number of rotatable bonds is 15. The zero-order valence-electron chi connectivity index (χ0n) is 25.6. The Labute approximate surface area is 262 Å². The van der Waals surface area contributed by atoms with E-state index < -0.39 is 12.2 Å². The lowest BCUT2D eigenvalue weighted by Crippen LogP contribution is -2.33. The average molecular weight is 585 g/mol. The van der Waals surface area contributed by atoms with Crippen LogP contribution in [0.4, 0.5) is 11.4 Å². The summed E-state index contributed by atoms with van der Waals surface area (Å²) < 4.78 is 0. The normalized spacial score (nSPS) is 13.2. The van der Waals surface area contributed by atoms with E-state index in [4.69, 9.17) is 0 Å². The zero-order chi connectivity index (χ0) is 30.6. The van der Waals surface area contributed by atoms with E-state index in [1.165, 1.54) is 22.3 Å². The highest BCUT2D eigenvalue weighted by Crippen LogP contribution is 2.28. The number of benzene rings is 5. The van der Waals surface area contributed by atoms with Crippen LogP contribution >= 0.6 is 0 Å². The van der Waals surface area contributed by atoms with Gasteiger partial charge in [0.2, 0.25) is 0 Å². The van der Waals surface area contributed by atoms with Crippen LogP contribution in [0.1, 0.15) is 53.5 Å². The fraction of sp³-hybridized carbons (Fsp3) is 0.250. The van der Waals surface area contributed by atoms with Crippen LogP contribution in [0, 0.1) is 0 Å². The molecule has 0 spiro atoms. The number of nitrogens with zero attached hydrogens (tertiary/aromatic N) is 1. The molecule has 4 nitrogen and oxygen atoms in total. The van der Waals surface area contributed by atoms with Gasteiger partial charge in [0.05, 0.1) is 12.2 Å². The molecule has 0 heterocycles. The largest absolute Gasteiger partial charge is 0.393 e. The Morgan fingerprint density at radius 1 is 0.591 bits per heavy atom. The van der Waals surface area contributed by atoms with Gasteiger partial charge in [-0.05, 0) is 84.2 Å². The van der Waals surface area contributed by atoms with Crippen LogP contribution in [0.2, 0.25) is 0 Å². The Bertz CT molecular complexity index is 1510. The predicted octanol–water partition coefficient (Wildman–Crippen LogP) is 8.20. The third kappa shape index (κ3) is 9.57. The molecule has 0 saturated carbocycles. The summed E-state index contributed by atoms with van der Waals surface area (Å²) in [6.45, 7) is 3.85. The minimum Gasteiger partial charge on any atom is -0.393 e. The molecule has 0 fully saturated rings. The highest BCUT2D eigenvalue weighted by Gasteiger charge is 2.21. The maximum atomic E-state index is 11.3. The minimum atomic E-state index is -0.545. The second-order valence-electron chi connectivity index (χ2n) is 11.8. The summed E-state index contributed by atoms with van der Waals surface area (Å²) in [6, 6.07) is 48.5. The summed E-state index contributed by atoms with van der Waals surface area (Å²) in [5, 5.41) is 25.0. The third-order valence-corrected chi connectivity index (χ3v) is 8.10. The topological polar surface area (TPSA) is 55.7 Å². The van der Waals surface area contributed by atoms with Gasteiger partial charge >= 0.3 is 0 Å². The SMILES string of the molecule is CC(O)CC(CC(O)CN(Cc1ccccc1)c1ccc(Cc2ccc(NCc3ccccc3)cc2)cc1)c1ccccc1. The molecule has 0 aliphatic rings. The predicted molar refractivity (Wildman–Crippen MR) is 183 cm³/mol. The summed E-state index contributed by atoms with van der Waals surface area (Å²) >= 11 is 0. The summed E-state index contributed by atoms with van der Waals surface area (Å²) in [5.41, 5.74) is 8.35. The maximum absolute atomic E-state index is 11.3. The molecule has 5 rings (SSSR count). The van der Waals surface area contributed by atoms with E-state index in [1.54, 1.807) is 0 Å². The van der Waals surface area contributed by atoms with Crippen molar-refractivity contribution in [3.05, 3.63) is 167 Å². The van der Waals surface area contributed by atoms with E-state index in [9.17, 15) is 10.2 Å². The molecular formula is C40H44N2O2. The first-order valence-corrected chi connectivity index (χ1v) is 15.7. The van der Waals surface area contributed by atoms with E-state index >= 15 is 0 Å². The second-order valence-corrected chi connectivity index (χ2v) is 11.8. The molecule has 0 saturated heterocycles. The van der Waals surface area contributed by atoms with Crippen molar-refractivity contribution in [3.8, 4) is 0 Å². The number of hydrogen-bond acceptors (Lipinski definition) is 4. The first kappa shape index (κ1) is 31.1. The van der Waals surface area contributed by atoms with Gasteiger partial charge in [-0.3, -0.25) is 0 Å². The van der Waals surface area contributed by atoms with E-state index in [2.05, 4.69) is 119 Å². The number of nitrogens with one attached hydrogen (secondary N) is 1. The summed E-state index contributed by atoms with van der Waals surface area (Å²) in [4.78, 5) is 2.27. The molecule has 4 heteroatoms. The molecule has 0 radical (unpaired) electrons. The lowest BCUT2D eigenvalue weighted by molar-refractivity contribution is 0.133. The van der Waals surface area contributed by atoms with E-state index in [1.807, 2.05) is 37.3 Å². The van der Waals surface area contributed by atoms with Crippen LogP contribution in [0.3, 0.4) is 0 Å². The van der Waals surface area contributed by atoms with Crippen molar-refractivity contribution in [2.24, 2.45) is 0 Å². The van der Waals surface area contributed by atoms with E-state index in [-0.39, 0.29) is 5.92 Å². The quantitative estimate of drug-likeness (QED) is 0.116. The zero-order valence-corrected chi connectivity index (χ0v) is 25.6. The van der Waals surface area contributed by atoms with Gasteiger partial charge < -0.3 is 20.4 Å². The van der Waals surface area contributed by atoms with Crippen molar-refractivity contribution < 1.29 is 10.2 Å². The van der Waals surface area contributed by atoms with Gasteiger partial charge in [0.1, 0.15) is 0 Å². The Balaban J connectivity index is 1.24. The van der Waals surface area contributed by atoms with Gasteiger partial charge in [-0.1, -0.05) is 115 Å². The van der Waals surface area contributed by atoms with Gasteiger partial charge in [0.15, 0.2) is 0 Å². The van der Waals surface area contributed by atoms with Crippen LogP contribution in [0.15, 0.2) is 140 Å². The molecule has 0 amide bonds. The first-order chi connectivity index (χ1) is 21.5. The van der Waals surface area contributed by atoms with Gasteiger partial charge in [-0.2, -0.15) is 0 Å². The molecule has 5 aromatic rings. The smallest absolute Gasteiger partial charge is 0.0721 e. The number of aliphatic hydroxyl groups is 2. The van der Waals surface area contributed by atoms with E-state index in [0.29, 0.717) is 25.9 Å². The number of hydrogen-bond donors (Lipinski definition) is 3. The van der Waals surface area contributed by atoms with Crippen LogP contribution in [-0.4, -0.2) is 29.0 Å². The molecule has 0 aliphatic heterocycles. The van der Waals surface area contributed by atoms with Crippen LogP contribution in [0.5, 0.6) is 0 Å². The Morgan fingerprint density at radius 3 is 1.73 bits per heavy atom.